The highest BCUT2D eigenvalue weighted by atomic mass is 35.5. The van der Waals surface area contributed by atoms with Crippen LogP contribution in [0, 0.1) is 17.0 Å². The number of rotatable bonds is 4. The van der Waals surface area contributed by atoms with Crippen molar-refractivity contribution >= 4 is 17.3 Å². The number of benzene rings is 1. The summed E-state index contributed by atoms with van der Waals surface area (Å²) < 4.78 is 5.35. The van der Waals surface area contributed by atoms with Gasteiger partial charge in [0.15, 0.2) is 0 Å². The van der Waals surface area contributed by atoms with Gasteiger partial charge in [-0.05, 0) is 19.4 Å². The van der Waals surface area contributed by atoms with Crippen LogP contribution in [0.5, 0.6) is 5.75 Å². The summed E-state index contributed by atoms with van der Waals surface area (Å²) in [5.41, 5.74) is 0.458. The zero-order chi connectivity index (χ0) is 11.4. The van der Waals surface area contributed by atoms with Gasteiger partial charge in [-0.3, -0.25) is 10.1 Å². The highest BCUT2D eigenvalue weighted by Gasteiger charge is 2.16. The van der Waals surface area contributed by atoms with E-state index in [1.807, 2.05) is 6.92 Å². The van der Waals surface area contributed by atoms with E-state index in [-0.39, 0.29) is 5.69 Å². The van der Waals surface area contributed by atoms with Gasteiger partial charge in [0.25, 0.3) is 5.69 Å². The number of nitro benzene ring substituents is 1. The molecule has 4 nitrogen and oxygen atoms in total. The molecule has 0 spiro atoms. The van der Waals surface area contributed by atoms with E-state index in [0.29, 0.717) is 22.9 Å². The molecule has 0 aromatic heterocycles. The van der Waals surface area contributed by atoms with Crippen LogP contribution in [0.4, 0.5) is 5.69 Å². The smallest absolute Gasteiger partial charge is 0.274 e. The summed E-state index contributed by atoms with van der Waals surface area (Å²) in [7, 11) is 0. The summed E-state index contributed by atoms with van der Waals surface area (Å²) >= 11 is 5.95. The molecule has 1 aromatic rings. The van der Waals surface area contributed by atoms with Crippen LogP contribution in [0.2, 0.25) is 5.02 Å². The Morgan fingerprint density at radius 1 is 1.53 bits per heavy atom. The van der Waals surface area contributed by atoms with Crippen molar-refractivity contribution in [3.63, 3.8) is 0 Å². The quantitative estimate of drug-likeness (QED) is 0.588. The minimum atomic E-state index is -0.454. The fraction of sp³-hybridized carbons (Fsp3) is 0.400. The van der Waals surface area contributed by atoms with Gasteiger partial charge in [0.05, 0.1) is 16.6 Å². The Morgan fingerprint density at radius 3 is 2.73 bits per heavy atom. The normalized spacial score (nSPS) is 10.1. The number of hydrogen-bond acceptors (Lipinski definition) is 3. The first kappa shape index (κ1) is 11.8. The van der Waals surface area contributed by atoms with Crippen molar-refractivity contribution in [2.45, 2.75) is 20.3 Å². The minimum Gasteiger partial charge on any atom is -0.492 e. The highest BCUT2D eigenvalue weighted by molar-refractivity contribution is 6.33. The van der Waals surface area contributed by atoms with Crippen molar-refractivity contribution in [1.29, 1.82) is 0 Å². The standard InChI is InChI=1S/C10H12ClNO3/c1-3-6-15-9-5-4-8(12(13)14)7(2)10(9)11/h4-5H,3,6H2,1-2H3. The molecule has 15 heavy (non-hydrogen) atoms. The molecule has 0 saturated carbocycles. The number of halogens is 1. The van der Waals surface area contributed by atoms with Crippen LogP contribution in [-0.4, -0.2) is 11.5 Å². The molecule has 1 aromatic carbocycles. The maximum atomic E-state index is 10.6. The molecule has 0 radical (unpaired) electrons. The predicted octanol–water partition coefficient (Wildman–Crippen LogP) is 3.35. The first-order valence-corrected chi connectivity index (χ1v) is 5.02. The summed E-state index contributed by atoms with van der Waals surface area (Å²) in [5, 5.41) is 10.9. The van der Waals surface area contributed by atoms with Crippen LogP contribution in [0.1, 0.15) is 18.9 Å². The van der Waals surface area contributed by atoms with E-state index in [9.17, 15) is 10.1 Å². The van der Waals surface area contributed by atoms with Crippen molar-refractivity contribution in [2.24, 2.45) is 0 Å². The van der Waals surface area contributed by atoms with E-state index in [1.165, 1.54) is 12.1 Å². The molecule has 0 fully saturated rings. The topological polar surface area (TPSA) is 52.4 Å². The van der Waals surface area contributed by atoms with Crippen molar-refractivity contribution in [3.8, 4) is 5.75 Å². The molecule has 0 atom stereocenters. The lowest BCUT2D eigenvalue weighted by Gasteiger charge is -2.08. The third-order valence-electron chi connectivity index (χ3n) is 1.98. The molecular formula is C10H12ClNO3. The monoisotopic (exact) mass is 229 g/mol. The Labute approximate surface area is 93.0 Å². The van der Waals surface area contributed by atoms with Gasteiger partial charge in [0, 0.05) is 11.6 Å². The molecule has 0 amide bonds. The number of ether oxygens (including phenoxy) is 1. The Bertz CT molecular complexity index is 379. The summed E-state index contributed by atoms with van der Waals surface area (Å²) in [6, 6.07) is 2.94. The molecule has 5 heteroatoms. The molecule has 0 aliphatic rings. The second kappa shape index (κ2) is 4.98. The molecule has 0 bridgehead atoms. The molecular weight excluding hydrogens is 218 g/mol. The fourth-order valence-corrected chi connectivity index (χ4v) is 1.39. The van der Waals surface area contributed by atoms with E-state index in [0.717, 1.165) is 6.42 Å². The molecule has 0 heterocycles. The maximum Gasteiger partial charge on any atom is 0.274 e. The van der Waals surface area contributed by atoms with E-state index in [1.54, 1.807) is 6.92 Å². The van der Waals surface area contributed by atoms with E-state index < -0.39 is 4.92 Å². The zero-order valence-electron chi connectivity index (χ0n) is 8.62. The van der Waals surface area contributed by atoms with Crippen molar-refractivity contribution < 1.29 is 9.66 Å². The van der Waals surface area contributed by atoms with Gasteiger partial charge in [-0.15, -0.1) is 0 Å². The molecule has 0 aliphatic carbocycles. The molecule has 0 saturated heterocycles. The van der Waals surface area contributed by atoms with Crippen LogP contribution < -0.4 is 4.74 Å². The van der Waals surface area contributed by atoms with Crippen LogP contribution in [0.25, 0.3) is 0 Å². The summed E-state index contributed by atoms with van der Waals surface area (Å²) in [4.78, 5) is 10.2. The van der Waals surface area contributed by atoms with Gasteiger partial charge in [0.2, 0.25) is 0 Å². The van der Waals surface area contributed by atoms with Crippen LogP contribution in [-0.2, 0) is 0 Å². The third kappa shape index (κ3) is 2.59. The van der Waals surface area contributed by atoms with Gasteiger partial charge in [-0.1, -0.05) is 18.5 Å². The maximum absolute atomic E-state index is 10.6. The fourth-order valence-electron chi connectivity index (χ4n) is 1.17. The number of nitrogens with zero attached hydrogens (tertiary/aromatic N) is 1. The van der Waals surface area contributed by atoms with E-state index >= 15 is 0 Å². The Kier molecular flexibility index (Phi) is 3.91. The number of hydrogen-bond donors (Lipinski definition) is 0. The lowest BCUT2D eigenvalue weighted by Crippen LogP contribution is -1.98. The molecule has 0 aliphatic heterocycles. The van der Waals surface area contributed by atoms with Crippen LogP contribution in [0.15, 0.2) is 12.1 Å². The first-order valence-electron chi connectivity index (χ1n) is 4.64. The van der Waals surface area contributed by atoms with Crippen LogP contribution >= 0.6 is 11.6 Å². The summed E-state index contributed by atoms with van der Waals surface area (Å²) in [6.07, 6.45) is 0.867. The second-order valence-corrected chi connectivity index (χ2v) is 3.51. The number of nitro groups is 1. The van der Waals surface area contributed by atoms with E-state index in [4.69, 9.17) is 16.3 Å². The Morgan fingerprint density at radius 2 is 2.20 bits per heavy atom. The second-order valence-electron chi connectivity index (χ2n) is 3.13. The SMILES string of the molecule is CCCOc1ccc([N+](=O)[O-])c(C)c1Cl. The van der Waals surface area contributed by atoms with Gasteiger partial charge in [0.1, 0.15) is 5.75 Å². The molecule has 82 valence electrons. The first-order chi connectivity index (χ1) is 7.07. The average Bonchev–Trinajstić information content (AvgIpc) is 2.20. The summed E-state index contributed by atoms with van der Waals surface area (Å²) in [5.74, 6) is 0.501. The van der Waals surface area contributed by atoms with Crippen molar-refractivity contribution in [1.82, 2.24) is 0 Å². The third-order valence-corrected chi connectivity index (χ3v) is 2.45. The van der Waals surface area contributed by atoms with E-state index in [2.05, 4.69) is 0 Å². The average molecular weight is 230 g/mol. The largest absolute Gasteiger partial charge is 0.492 e. The minimum absolute atomic E-state index is 0.0175. The van der Waals surface area contributed by atoms with Gasteiger partial charge < -0.3 is 4.74 Å². The van der Waals surface area contributed by atoms with Crippen LogP contribution in [0.3, 0.4) is 0 Å². The molecule has 0 unspecified atom stereocenters. The van der Waals surface area contributed by atoms with Crippen molar-refractivity contribution in [2.75, 3.05) is 6.61 Å². The van der Waals surface area contributed by atoms with Gasteiger partial charge >= 0.3 is 0 Å². The molecule has 1 rings (SSSR count). The zero-order valence-corrected chi connectivity index (χ0v) is 9.37. The lowest BCUT2D eigenvalue weighted by atomic mass is 10.2. The predicted molar refractivity (Wildman–Crippen MR) is 58.6 cm³/mol. The Hall–Kier alpha value is -1.29. The highest BCUT2D eigenvalue weighted by Crippen LogP contribution is 2.33. The van der Waals surface area contributed by atoms with Crippen molar-refractivity contribution in [3.05, 3.63) is 32.8 Å². The summed E-state index contributed by atoms with van der Waals surface area (Å²) in [6.45, 7) is 4.14. The van der Waals surface area contributed by atoms with Gasteiger partial charge in [-0.25, -0.2) is 0 Å². The lowest BCUT2D eigenvalue weighted by molar-refractivity contribution is -0.385. The Balaban J connectivity index is 3.04. The van der Waals surface area contributed by atoms with Gasteiger partial charge in [-0.2, -0.15) is 0 Å². The molecule has 0 N–H and O–H groups in total.